The number of aromatic nitrogens is 1. The quantitative estimate of drug-likeness (QED) is 0.732. The smallest absolute Gasteiger partial charge is 0.322 e. The number of urea groups is 1. The van der Waals surface area contributed by atoms with E-state index < -0.39 is 5.82 Å². The first kappa shape index (κ1) is 21.1. The fourth-order valence-corrected chi connectivity index (χ4v) is 3.18. The molecular formula is C18H22ClFN4O2S. The van der Waals surface area contributed by atoms with Crippen molar-refractivity contribution in [2.75, 3.05) is 5.32 Å². The van der Waals surface area contributed by atoms with Crippen LogP contribution in [0, 0.1) is 5.82 Å². The maximum absolute atomic E-state index is 13.3. The normalized spacial score (nSPS) is 11.0. The maximum Gasteiger partial charge on any atom is 0.322 e. The lowest BCUT2D eigenvalue weighted by Gasteiger charge is -2.26. The van der Waals surface area contributed by atoms with Gasteiger partial charge in [-0.3, -0.25) is 4.79 Å². The fraction of sp³-hybridized carbons (Fsp3) is 0.389. The number of carbonyl (C=O) groups is 2. The van der Waals surface area contributed by atoms with E-state index >= 15 is 0 Å². The molecule has 0 bridgehead atoms. The van der Waals surface area contributed by atoms with E-state index in [1.807, 2.05) is 27.7 Å². The number of hydrogen-bond acceptors (Lipinski definition) is 4. The van der Waals surface area contributed by atoms with Crippen molar-refractivity contribution in [2.24, 2.45) is 0 Å². The molecular weight excluding hydrogens is 391 g/mol. The molecule has 9 heteroatoms. The predicted molar refractivity (Wildman–Crippen MR) is 106 cm³/mol. The molecule has 0 aliphatic carbocycles. The van der Waals surface area contributed by atoms with Gasteiger partial charge in [-0.2, -0.15) is 0 Å². The van der Waals surface area contributed by atoms with Crippen molar-refractivity contribution in [1.82, 2.24) is 15.2 Å². The van der Waals surface area contributed by atoms with Gasteiger partial charge < -0.3 is 15.5 Å². The lowest BCUT2D eigenvalue weighted by molar-refractivity contribution is 0.0938. The molecule has 0 saturated heterocycles. The Morgan fingerprint density at radius 1 is 1.30 bits per heavy atom. The van der Waals surface area contributed by atoms with Gasteiger partial charge in [0, 0.05) is 23.2 Å². The predicted octanol–water partition coefficient (Wildman–Crippen LogP) is 4.52. The first-order valence-electron chi connectivity index (χ1n) is 8.45. The van der Waals surface area contributed by atoms with E-state index in [0.717, 1.165) is 0 Å². The van der Waals surface area contributed by atoms with Gasteiger partial charge in [0.05, 0.1) is 11.6 Å². The highest BCUT2D eigenvalue weighted by Crippen LogP contribution is 2.21. The molecule has 2 rings (SSSR count). The third-order valence-electron chi connectivity index (χ3n) is 3.56. The summed E-state index contributed by atoms with van der Waals surface area (Å²) in [6.07, 6.45) is 0. The van der Waals surface area contributed by atoms with Crippen molar-refractivity contribution in [1.29, 1.82) is 0 Å². The summed E-state index contributed by atoms with van der Waals surface area (Å²) in [5.41, 5.74) is 0.728. The van der Waals surface area contributed by atoms with E-state index in [2.05, 4.69) is 15.6 Å². The van der Waals surface area contributed by atoms with Crippen LogP contribution in [0.3, 0.4) is 0 Å². The van der Waals surface area contributed by atoms with E-state index in [1.165, 1.54) is 29.5 Å². The summed E-state index contributed by atoms with van der Waals surface area (Å²) in [4.78, 5) is 30.5. The Hall–Kier alpha value is -2.19. The van der Waals surface area contributed by atoms with Crippen LogP contribution in [-0.2, 0) is 6.54 Å². The molecule has 27 heavy (non-hydrogen) atoms. The van der Waals surface area contributed by atoms with Crippen molar-refractivity contribution in [2.45, 2.75) is 46.3 Å². The van der Waals surface area contributed by atoms with Gasteiger partial charge in [-0.15, -0.1) is 11.3 Å². The lowest BCUT2D eigenvalue weighted by atomic mass is 10.3. The van der Waals surface area contributed by atoms with E-state index in [-0.39, 0.29) is 35.6 Å². The SMILES string of the molecule is CC(C)NC(=O)c1csc(CN(C(=O)Nc2ccc(F)c(Cl)c2)C(C)C)n1. The summed E-state index contributed by atoms with van der Waals surface area (Å²) in [6, 6.07) is 3.52. The molecule has 146 valence electrons. The Bertz CT molecular complexity index is 825. The van der Waals surface area contributed by atoms with E-state index in [4.69, 9.17) is 11.6 Å². The largest absolute Gasteiger partial charge is 0.349 e. The molecule has 0 unspecified atom stereocenters. The molecule has 0 saturated carbocycles. The number of halogens is 2. The van der Waals surface area contributed by atoms with Crippen LogP contribution in [0.25, 0.3) is 0 Å². The van der Waals surface area contributed by atoms with Crippen molar-refractivity contribution in [3.8, 4) is 0 Å². The first-order valence-corrected chi connectivity index (χ1v) is 9.71. The van der Waals surface area contributed by atoms with Crippen LogP contribution in [0.2, 0.25) is 5.02 Å². The minimum atomic E-state index is -0.551. The Labute approximate surface area is 166 Å². The maximum atomic E-state index is 13.3. The first-order chi connectivity index (χ1) is 12.7. The summed E-state index contributed by atoms with van der Waals surface area (Å²) >= 11 is 7.07. The van der Waals surface area contributed by atoms with E-state index in [9.17, 15) is 14.0 Å². The monoisotopic (exact) mass is 412 g/mol. The highest BCUT2D eigenvalue weighted by atomic mass is 35.5. The second kappa shape index (κ2) is 9.14. The molecule has 1 aromatic carbocycles. The Kier molecular flexibility index (Phi) is 7.15. The fourth-order valence-electron chi connectivity index (χ4n) is 2.23. The molecule has 0 fully saturated rings. The Balaban J connectivity index is 2.08. The van der Waals surface area contributed by atoms with Gasteiger partial charge in [-0.1, -0.05) is 11.6 Å². The minimum absolute atomic E-state index is 0.0168. The van der Waals surface area contributed by atoms with Crippen LogP contribution < -0.4 is 10.6 Å². The zero-order valence-electron chi connectivity index (χ0n) is 15.5. The highest BCUT2D eigenvalue weighted by molar-refractivity contribution is 7.09. The average molecular weight is 413 g/mol. The molecule has 6 nitrogen and oxygen atoms in total. The van der Waals surface area contributed by atoms with Crippen LogP contribution in [0.5, 0.6) is 0 Å². The Morgan fingerprint density at radius 2 is 2.00 bits per heavy atom. The molecule has 0 aliphatic heterocycles. The number of nitrogens with one attached hydrogen (secondary N) is 2. The molecule has 0 atom stereocenters. The summed E-state index contributed by atoms with van der Waals surface area (Å²) in [5.74, 6) is -0.792. The van der Waals surface area contributed by atoms with Crippen LogP contribution in [0.15, 0.2) is 23.6 Å². The van der Waals surface area contributed by atoms with Gasteiger partial charge in [0.15, 0.2) is 0 Å². The number of nitrogens with zero attached hydrogens (tertiary/aromatic N) is 2. The van der Waals surface area contributed by atoms with Crippen molar-refractivity contribution < 1.29 is 14.0 Å². The Morgan fingerprint density at radius 3 is 2.59 bits per heavy atom. The average Bonchev–Trinajstić information content (AvgIpc) is 3.04. The minimum Gasteiger partial charge on any atom is -0.349 e. The molecule has 0 radical (unpaired) electrons. The van der Waals surface area contributed by atoms with E-state index in [1.54, 1.807) is 10.3 Å². The summed E-state index contributed by atoms with van der Waals surface area (Å²) in [6.45, 7) is 7.74. The molecule has 0 spiro atoms. The van der Waals surface area contributed by atoms with Crippen molar-refractivity contribution in [3.63, 3.8) is 0 Å². The molecule has 1 heterocycles. The van der Waals surface area contributed by atoms with Gasteiger partial charge in [-0.05, 0) is 45.9 Å². The molecule has 1 aromatic heterocycles. The zero-order chi connectivity index (χ0) is 20.1. The van der Waals surface area contributed by atoms with Crippen molar-refractivity contribution >= 4 is 40.6 Å². The number of benzene rings is 1. The van der Waals surface area contributed by atoms with Crippen LogP contribution in [0.4, 0.5) is 14.9 Å². The molecule has 3 amide bonds. The highest BCUT2D eigenvalue weighted by Gasteiger charge is 2.20. The summed E-state index contributed by atoms with van der Waals surface area (Å²) < 4.78 is 13.3. The summed E-state index contributed by atoms with van der Waals surface area (Å²) in [7, 11) is 0. The van der Waals surface area contributed by atoms with Gasteiger partial charge in [0.2, 0.25) is 0 Å². The van der Waals surface area contributed by atoms with Crippen molar-refractivity contribution in [3.05, 3.63) is 45.1 Å². The van der Waals surface area contributed by atoms with Crippen LogP contribution >= 0.6 is 22.9 Å². The third kappa shape index (κ3) is 5.90. The number of amides is 3. The number of rotatable bonds is 6. The third-order valence-corrected chi connectivity index (χ3v) is 4.69. The molecule has 0 aliphatic rings. The van der Waals surface area contributed by atoms with E-state index in [0.29, 0.717) is 16.4 Å². The summed E-state index contributed by atoms with van der Waals surface area (Å²) in [5, 5.41) is 7.73. The lowest BCUT2D eigenvalue weighted by Crippen LogP contribution is -2.39. The number of carbonyl (C=O) groups excluding carboxylic acids is 2. The standard InChI is InChI=1S/C18H22ClFN4O2S/c1-10(2)21-17(25)15-9-27-16(23-15)8-24(11(3)4)18(26)22-12-5-6-14(20)13(19)7-12/h5-7,9-11H,8H2,1-4H3,(H,21,25)(H,22,26). The zero-order valence-corrected chi connectivity index (χ0v) is 17.1. The second-order valence-corrected chi connectivity index (χ2v) is 7.89. The van der Waals surface area contributed by atoms with Crippen LogP contribution in [-0.4, -0.2) is 33.9 Å². The topological polar surface area (TPSA) is 74.3 Å². The number of thiazole rings is 1. The van der Waals surface area contributed by atoms with Gasteiger partial charge >= 0.3 is 6.03 Å². The van der Waals surface area contributed by atoms with Gasteiger partial charge in [0.1, 0.15) is 16.5 Å². The van der Waals surface area contributed by atoms with Crippen LogP contribution in [0.1, 0.15) is 43.2 Å². The number of hydrogen-bond donors (Lipinski definition) is 2. The van der Waals surface area contributed by atoms with Gasteiger partial charge in [0.25, 0.3) is 5.91 Å². The number of anilines is 1. The second-order valence-electron chi connectivity index (χ2n) is 6.54. The molecule has 2 N–H and O–H groups in total. The molecule has 2 aromatic rings. The van der Waals surface area contributed by atoms with Gasteiger partial charge in [-0.25, -0.2) is 14.2 Å².